The molecule has 4 N–H and O–H groups in total. The lowest BCUT2D eigenvalue weighted by Crippen LogP contribution is -2.58. The Kier molecular flexibility index (Phi) is 4.99. The SMILES string of the molecule is CC1CCC(NC(CO)(CO)CO)CC1. The molecule has 4 nitrogen and oxygen atoms in total. The van der Waals surface area contributed by atoms with Gasteiger partial charge in [0.15, 0.2) is 0 Å². The van der Waals surface area contributed by atoms with Gasteiger partial charge in [-0.05, 0) is 31.6 Å². The van der Waals surface area contributed by atoms with Crippen LogP contribution in [0.3, 0.4) is 0 Å². The van der Waals surface area contributed by atoms with Crippen LogP contribution in [0.4, 0.5) is 0 Å². The van der Waals surface area contributed by atoms with E-state index >= 15 is 0 Å². The van der Waals surface area contributed by atoms with Crippen molar-refractivity contribution in [1.82, 2.24) is 5.32 Å². The predicted molar refractivity (Wildman–Crippen MR) is 58.5 cm³/mol. The zero-order valence-corrected chi connectivity index (χ0v) is 9.45. The molecule has 15 heavy (non-hydrogen) atoms. The summed E-state index contributed by atoms with van der Waals surface area (Å²) in [7, 11) is 0. The second kappa shape index (κ2) is 5.80. The summed E-state index contributed by atoms with van der Waals surface area (Å²) in [6.07, 6.45) is 4.47. The summed E-state index contributed by atoms with van der Waals surface area (Å²) in [5, 5.41) is 30.7. The summed E-state index contributed by atoms with van der Waals surface area (Å²) in [5.74, 6) is 0.773. The van der Waals surface area contributed by atoms with Gasteiger partial charge < -0.3 is 20.6 Å². The lowest BCUT2D eigenvalue weighted by Gasteiger charge is -2.36. The second-order valence-electron chi connectivity index (χ2n) is 4.86. The monoisotopic (exact) mass is 217 g/mol. The highest BCUT2D eigenvalue weighted by Crippen LogP contribution is 2.24. The van der Waals surface area contributed by atoms with Crippen LogP contribution in [-0.4, -0.2) is 46.7 Å². The Morgan fingerprint density at radius 1 is 1.00 bits per heavy atom. The Morgan fingerprint density at radius 2 is 1.47 bits per heavy atom. The fourth-order valence-corrected chi connectivity index (χ4v) is 2.12. The van der Waals surface area contributed by atoms with Crippen molar-refractivity contribution in [3.63, 3.8) is 0 Å². The van der Waals surface area contributed by atoms with Gasteiger partial charge in [0, 0.05) is 6.04 Å². The fraction of sp³-hybridized carbons (Fsp3) is 1.00. The highest BCUT2D eigenvalue weighted by molar-refractivity contribution is 4.90. The van der Waals surface area contributed by atoms with Gasteiger partial charge in [0.25, 0.3) is 0 Å². The highest BCUT2D eigenvalue weighted by atomic mass is 16.3. The van der Waals surface area contributed by atoms with Crippen LogP contribution in [0.1, 0.15) is 32.6 Å². The number of hydrogen-bond acceptors (Lipinski definition) is 4. The summed E-state index contributed by atoms with van der Waals surface area (Å²) >= 11 is 0. The molecular weight excluding hydrogens is 194 g/mol. The summed E-state index contributed by atoms with van der Waals surface area (Å²) in [5.41, 5.74) is -0.911. The Bertz CT molecular complexity index is 166. The van der Waals surface area contributed by atoms with E-state index in [0.29, 0.717) is 6.04 Å². The van der Waals surface area contributed by atoms with Crippen molar-refractivity contribution < 1.29 is 15.3 Å². The van der Waals surface area contributed by atoms with Crippen LogP contribution < -0.4 is 5.32 Å². The number of rotatable bonds is 5. The molecule has 90 valence electrons. The molecule has 0 amide bonds. The molecule has 0 unspecified atom stereocenters. The van der Waals surface area contributed by atoms with Crippen molar-refractivity contribution in [2.75, 3.05) is 19.8 Å². The maximum Gasteiger partial charge on any atom is 0.0883 e. The van der Waals surface area contributed by atoms with Gasteiger partial charge in [0.1, 0.15) is 0 Å². The summed E-state index contributed by atoms with van der Waals surface area (Å²) in [6.45, 7) is 1.55. The van der Waals surface area contributed by atoms with Crippen molar-refractivity contribution in [1.29, 1.82) is 0 Å². The fourth-order valence-electron chi connectivity index (χ4n) is 2.12. The molecule has 1 rings (SSSR count). The predicted octanol–water partition coefficient (Wildman–Crippen LogP) is -0.130. The average Bonchev–Trinajstić information content (AvgIpc) is 2.29. The topological polar surface area (TPSA) is 72.7 Å². The van der Waals surface area contributed by atoms with Crippen LogP contribution >= 0.6 is 0 Å². The third-order valence-corrected chi connectivity index (χ3v) is 3.43. The molecule has 0 saturated heterocycles. The third kappa shape index (κ3) is 3.41. The molecule has 0 heterocycles. The van der Waals surface area contributed by atoms with E-state index in [0.717, 1.165) is 18.8 Å². The molecular formula is C11H23NO3. The van der Waals surface area contributed by atoms with Crippen molar-refractivity contribution in [3.05, 3.63) is 0 Å². The van der Waals surface area contributed by atoms with E-state index < -0.39 is 5.54 Å². The van der Waals surface area contributed by atoms with Crippen LogP contribution in [0.15, 0.2) is 0 Å². The van der Waals surface area contributed by atoms with Gasteiger partial charge >= 0.3 is 0 Å². The van der Waals surface area contributed by atoms with E-state index in [-0.39, 0.29) is 19.8 Å². The molecule has 0 aromatic rings. The largest absolute Gasteiger partial charge is 0.394 e. The number of hydrogen-bond donors (Lipinski definition) is 4. The molecule has 0 aliphatic heterocycles. The number of aliphatic hydroxyl groups excluding tert-OH is 3. The van der Waals surface area contributed by atoms with Crippen LogP contribution in [0.25, 0.3) is 0 Å². The summed E-state index contributed by atoms with van der Waals surface area (Å²) in [6, 6.07) is 0.313. The maximum absolute atomic E-state index is 9.18. The van der Waals surface area contributed by atoms with Gasteiger partial charge in [-0.1, -0.05) is 6.92 Å². The molecule has 1 fully saturated rings. The van der Waals surface area contributed by atoms with E-state index in [2.05, 4.69) is 12.2 Å². The van der Waals surface area contributed by atoms with Crippen molar-refractivity contribution in [3.8, 4) is 0 Å². The molecule has 0 radical (unpaired) electrons. The van der Waals surface area contributed by atoms with E-state index in [9.17, 15) is 15.3 Å². The Morgan fingerprint density at radius 3 is 1.87 bits per heavy atom. The minimum atomic E-state index is -0.911. The molecule has 0 aromatic carbocycles. The van der Waals surface area contributed by atoms with Crippen molar-refractivity contribution in [2.24, 2.45) is 5.92 Å². The first kappa shape index (κ1) is 12.9. The zero-order chi connectivity index (χ0) is 11.3. The van der Waals surface area contributed by atoms with Crippen LogP contribution in [0, 0.1) is 5.92 Å². The zero-order valence-electron chi connectivity index (χ0n) is 9.45. The molecule has 0 spiro atoms. The normalized spacial score (nSPS) is 28.0. The van der Waals surface area contributed by atoms with Gasteiger partial charge in [-0.15, -0.1) is 0 Å². The molecule has 0 bridgehead atoms. The van der Waals surface area contributed by atoms with Gasteiger partial charge in [-0.25, -0.2) is 0 Å². The molecule has 1 saturated carbocycles. The minimum absolute atomic E-state index is 0.230. The Hall–Kier alpha value is -0.160. The number of aliphatic hydroxyl groups is 3. The second-order valence-corrected chi connectivity index (χ2v) is 4.86. The molecule has 0 atom stereocenters. The standard InChI is InChI=1S/C11H23NO3/c1-9-2-4-10(5-3-9)12-11(6-13,7-14)8-15/h9-10,12-15H,2-8H2,1H3. The van der Waals surface area contributed by atoms with Crippen LogP contribution in [0.2, 0.25) is 0 Å². The Labute approximate surface area is 91.3 Å². The Balaban J connectivity index is 2.44. The third-order valence-electron chi connectivity index (χ3n) is 3.43. The molecule has 0 aromatic heterocycles. The highest BCUT2D eigenvalue weighted by Gasteiger charge is 2.31. The van der Waals surface area contributed by atoms with Crippen molar-refractivity contribution in [2.45, 2.75) is 44.2 Å². The van der Waals surface area contributed by atoms with E-state index in [1.54, 1.807) is 0 Å². The smallest absolute Gasteiger partial charge is 0.0883 e. The summed E-state index contributed by atoms with van der Waals surface area (Å²) in [4.78, 5) is 0. The van der Waals surface area contributed by atoms with E-state index in [1.165, 1.54) is 12.8 Å². The summed E-state index contributed by atoms with van der Waals surface area (Å²) < 4.78 is 0. The number of nitrogens with one attached hydrogen (secondary N) is 1. The van der Waals surface area contributed by atoms with Gasteiger partial charge in [0.2, 0.25) is 0 Å². The average molecular weight is 217 g/mol. The molecule has 1 aliphatic rings. The first-order valence-corrected chi connectivity index (χ1v) is 5.76. The van der Waals surface area contributed by atoms with Crippen molar-refractivity contribution >= 4 is 0 Å². The first-order chi connectivity index (χ1) is 7.15. The molecule has 1 aliphatic carbocycles. The van der Waals surface area contributed by atoms with Gasteiger partial charge in [-0.3, -0.25) is 0 Å². The van der Waals surface area contributed by atoms with Crippen LogP contribution in [0.5, 0.6) is 0 Å². The molecule has 4 heteroatoms. The van der Waals surface area contributed by atoms with E-state index in [1.807, 2.05) is 0 Å². The lowest BCUT2D eigenvalue weighted by molar-refractivity contribution is 0.0291. The maximum atomic E-state index is 9.18. The lowest BCUT2D eigenvalue weighted by atomic mass is 9.86. The quantitative estimate of drug-likeness (QED) is 0.518. The van der Waals surface area contributed by atoms with Crippen LogP contribution in [-0.2, 0) is 0 Å². The first-order valence-electron chi connectivity index (χ1n) is 5.76. The van der Waals surface area contributed by atoms with E-state index in [4.69, 9.17) is 0 Å². The minimum Gasteiger partial charge on any atom is -0.394 e. The van der Waals surface area contributed by atoms with Gasteiger partial charge in [0.05, 0.1) is 25.4 Å². The van der Waals surface area contributed by atoms with Gasteiger partial charge in [-0.2, -0.15) is 0 Å².